The number of hydrogen-bond acceptors (Lipinski definition) is 7. The van der Waals surface area contributed by atoms with Gasteiger partial charge < -0.3 is 29.3 Å². The Hall–Kier alpha value is -3.50. The summed E-state index contributed by atoms with van der Waals surface area (Å²) < 4.78 is 12.8. The standard InChI is InChI=1S/C35H49N3O7/c1-7-10-17-27(40)36(6)24(5)30(25-15-12-11-13-16-25)44-34(43)28-26-18-19-35(45-26)29(28)32(41)38(21-22-39)31(35)33(42)37(20-9-3)23(4)14-8-2/h7,9,11-13,15-16,23-24,26,28-31,39H,1,3,8,10,14,17-22H2,2,4-6H3/t23?,24-,26+,28-,29-,30+,31+,35-/m0/s1. The normalized spacial score (nSPS) is 27.0. The van der Waals surface area contributed by atoms with E-state index in [9.17, 15) is 24.3 Å². The average molecular weight is 624 g/mol. The first kappa shape index (κ1) is 34.4. The fourth-order valence-corrected chi connectivity index (χ4v) is 7.53. The van der Waals surface area contributed by atoms with Crippen LogP contribution in [-0.2, 0) is 28.7 Å². The topological polar surface area (TPSA) is 117 Å². The number of likely N-dealkylation sites (N-methyl/N-ethyl adjacent to an activating group) is 1. The van der Waals surface area contributed by atoms with Gasteiger partial charge in [-0.3, -0.25) is 19.2 Å². The first-order valence-electron chi connectivity index (χ1n) is 16.2. The van der Waals surface area contributed by atoms with Crippen molar-refractivity contribution in [3.8, 4) is 0 Å². The summed E-state index contributed by atoms with van der Waals surface area (Å²) >= 11 is 0. The van der Waals surface area contributed by atoms with Crippen LogP contribution in [-0.4, -0.2) is 100 Å². The van der Waals surface area contributed by atoms with Crippen LogP contribution in [0.25, 0.3) is 0 Å². The van der Waals surface area contributed by atoms with Gasteiger partial charge in [-0.05, 0) is 45.1 Å². The Labute approximate surface area is 267 Å². The van der Waals surface area contributed by atoms with Crippen molar-refractivity contribution in [3.05, 3.63) is 61.2 Å². The van der Waals surface area contributed by atoms with Crippen molar-refractivity contribution in [3.63, 3.8) is 0 Å². The molecule has 246 valence electrons. The summed E-state index contributed by atoms with van der Waals surface area (Å²) in [5.41, 5.74) is -0.479. The fraction of sp³-hybridized carbons (Fsp3) is 0.600. The quantitative estimate of drug-likeness (QED) is 0.221. The van der Waals surface area contributed by atoms with E-state index in [1.54, 1.807) is 29.0 Å². The Morgan fingerprint density at radius 3 is 2.53 bits per heavy atom. The van der Waals surface area contributed by atoms with E-state index in [1.807, 2.05) is 44.2 Å². The van der Waals surface area contributed by atoms with Crippen LogP contribution < -0.4 is 0 Å². The lowest BCUT2D eigenvalue weighted by atomic mass is 9.70. The summed E-state index contributed by atoms with van der Waals surface area (Å²) in [7, 11) is 1.69. The Morgan fingerprint density at radius 1 is 1.20 bits per heavy atom. The molecule has 0 aliphatic carbocycles. The van der Waals surface area contributed by atoms with E-state index in [0.717, 1.165) is 18.4 Å². The molecule has 0 saturated carbocycles. The summed E-state index contributed by atoms with van der Waals surface area (Å²) in [6, 6.07) is 7.67. The Bertz CT molecular complexity index is 1250. The lowest BCUT2D eigenvalue weighted by Crippen LogP contribution is -2.58. The van der Waals surface area contributed by atoms with E-state index in [2.05, 4.69) is 20.1 Å². The highest BCUT2D eigenvalue weighted by Crippen LogP contribution is 2.59. The van der Waals surface area contributed by atoms with Gasteiger partial charge in [-0.2, -0.15) is 0 Å². The third-order valence-corrected chi connectivity index (χ3v) is 9.87. The summed E-state index contributed by atoms with van der Waals surface area (Å²) in [4.78, 5) is 60.3. The second-order valence-corrected chi connectivity index (χ2v) is 12.6. The van der Waals surface area contributed by atoms with Gasteiger partial charge in [0.05, 0.1) is 30.6 Å². The van der Waals surface area contributed by atoms with Crippen LogP contribution in [0.15, 0.2) is 55.6 Å². The number of carbonyl (C=O) groups is 4. The van der Waals surface area contributed by atoms with Crippen molar-refractivity contribution in [1.29, 1.82) is 0 Å². The van der Waals surface area contributed by atoms with Crippen LogP contribution in [0.4, 0.5) is 0 Å². The van der Waals surface area contributed by atoms with Gasteiger partial charge >= 0.3 is 5.97 Å². The van der Waals surface area contributed by atoms with E-state index in [0.29, 0.717) is 25.8 Å². The van der Waals surface area contributed by atoms with Gasteiger partial charge in [-0.1, -0.05) is 55.8 Å². The monoisotopic (exact) mass is 623 g/mol. The molecule has 1 aromatic rings. The molecule has 0 radical (unpaired) electrons. The number of ether oxygens (including phenoxy) is 2. The zero-order valence-electron chi connectivity index (χ0n) is 27.1. The van der Waals surface area contributed by atoms with Crippen LogP contribution in [0.5, 0.6) is 0 Å². The molecule has 8 atom stereocenters. The van der Waals surface area contributed by atoms with Crippen molar-refractivity contribution in [2.75, 3.05) is 26.7 Å². The Balaban J connectivity index is 1.66. The minimum Gasteiger partial charge on any atom is -0.455 e. The van der Waals surface area contributed by atoms with Crippen molar-refractivity contribution in [2.45, 2.75) is 95.2 Å². The lowest BCUT2D eigenvalue weighted by molar-refractivity contribution is -0.164. The third kappa shape index (κ3) is 6.45. The third-order valence-electron chi connectivity index (χ3n) is 9.87. The number of aliphatic hydroxyl groups excluding tert-OH is 1. The molecule has 3 aliphatic rings. The number of likely N-dealkylation sites (tertiary alicyclic amines) is 1. The number of benzene rings is 1. The number of amides is 3. The SMILES string of the molecule is C=CCCC(=O)N(C)[C@@H](C)[C@@H](OC(=O)[C@@H]1[C@H]2C(=O)N(CCO)[C@H](C(=O)N(CC=C)C(C)CCC)[C@]23CC[C@H]1O3)c1ccccc1. The van der Waals surface area contributed by atoms with E-state index in [1.165, 1.54) is 4.90 Å². The van der Waals surface area contributed by atoms with E-state index >= 15 is 0 Å². The largest absolute Gasteiger partial charge is 0.455 e. The second kappa shape index (κ2) is 14.7. The molecular formula is C35H49N3O7. The molecule has 3 amide bonds. The van der Waals surface area contributed by atoms with Crippen molar-refractivity contribution >= 4 is 23.7 Å². The number of allylic oxidation sites excluding steroid dienone is 1. The predicted octanol–water partition coefficient (Wildman–Crippen LogP) is 3.65. The first-order chi connectivity index (χ1) is 21.6. The number of aliphatic hydroxyl groups is 1. The number of esters is 1. The average Bonchev–Trinajstić information content (AvgIpc) is 3.68. The molecule has 1 unspecified atom stereocenters. The molecule has 10 nitrogen and oxygen atoms in total. The number of rotatable bonds is 16. The van der Waals surface area contributed by atoms with E-state index < -0.39 is 47.7 Å². The van der Waals surface area contributed by atoms with Crippen molar-refractivity contribution < 1.29 is 33.8 Å². The summed E-state index contributed by atoms with van der Waals surface area (Å²) in [6.07, 6.45) is 5.39. The molecule has 4 rings (SSSR count). The van der Waals surface area contributed by atoms with Gasteiger partial charge in [0.2, 0.25) is 17.7 Å². The van der Waals surface area contributed by atoms with Gasteiger partial charge in [0.1, 0.15) is 17.7 Å². The molecule has 45 heavy (non-hydrogen) atoms. The molecule has 3 aliphatic heterocycles. The highest BCUT2D eigenvalue weighted by atomic mass is 16.6. The molecule has 3 heterocycles. The van der Waals surface area contributed by atoms with Crippen LogP contribution in [0, 0.1) is 11.8 Å². The fourth-order valence-electron chi connectivity index (χ4n) is 7.53. The van der Waals surface area contributed by atoms with Crippen LogP contribution in [0.2, 0.25) is 0 Å². The van der Waals surface area contributed by atoms with Crippen molar-refractivity contribution in [1.82, 2.24) is 14.7 Å². The number of β-amino-alcohol motifs (C(OH)–C–C–N with tert-alkyl or cyclic N) is 1. The Kier molecular flexibility index (Phi) is 11.3. The Morgan fingerprint density at radius 2 is 1.91 bits per heavy atom. The van der Waals surface area contributed by atoms with Gasteiger partial charge in [-0.15, -0.1) is 13.2 Å². The highest BCUT2D eigenvalue weighted by Gasteiger charge is 2.75. The van der Waals surface area contributed by atoms with Crippen LogP contribution in [0.3, 0.4) is 0 Å². The minimum atomic E-state index is -1.20. The van der Waals surface area contributed by atoms with Crippen LogP contribution >= 0.6 is 0 Å². The van der Waals surface area contributed by atoms with Crippen molar-refractivity contribution in [2.24, 2.45) is 11.8 Å². The maximum atomic E-state index is 14.3. The molecule has 1 N–H and O–H groups in total. The van der Waals surface area contributed by atoms with Gasteiger partial charge in [0.15, 0.2) is 0 Å². The maximum Gasteiger partial charge on any atom is 0.313 e. The zero-order chi connectivity index (χ0) is 32.9. The molecule has 1 spiro atoms. The minimum absolute atomic E-state index is 0.0470. The van der Waals surface area contributed by atoms with Gasteiger partial charge in [0, 0.05) is 32.6 Å². The first-order valence-corrected chi connectivity index (χ1v) is 16.2. The lowest BCUT2D eigenvalue weighted by Gasteiger charge is -2.38. The highest BCUT2D eigenvalue weighted by molar-refractivity contribution is 5.98. The molecule has 10 heteroatoms. The molecule has 3 saturated heterocycles. The summed E-state index contributed by atoms with van der Waals surface area (Å²) in [6.45, 7) is 13.3. The number of hydrogen-bond donors (Lipinski definition) is 1. The second-order valence-electron chi connectivity index (χ2n) is 12.6. The predicted molar refractivity (Wildman–Crippen MR) is 170 cm³/mol. The van der Waals surface area contributed by atoms with E-state index in [-0.39, 0.29) is 43.3 Å². The molecule has 1 aromatic carbocycles. The van der Waals surface area contributed by atoms with Gasteiger partial charge in [-0.25, -0.2) is 0 Å². The number of carbonyl (C=O) groups excluding carboxylic acids is 4. The summed E-state index contributed by atoms with van der Waals surface area (Å²) in [5.74, 6) is -3.18. The van der Waals surface area contributed by atoms with Gasteiger partial charge in [0.25, 0.3) is 0 Å². The van der Waals surface area contributed by atoms with Crippen LogP contribution in [0.1, 0.15) is 71.0 Å². The maximum absolute atomic E-state index is 14.3. The molecule has 2 bridgehead atoms. The molecule has 0 aromatic heterocycles. The number of nitrogens with zero attached hydrogens (tertiary/aromatic N) is 3. The molecular weight excluding hydrogens is 574 g/mol. The molecule has 3 fully saturated rings. The van der Waals surface area contributed by atoms with E-state index in [4.69, 9.17) is 9.47 Å². The summed E-state index contributed by atoms with van der Waals surface area (Å²) in [5, 5.41) is 9.94. The number of fused-ring (bicyclic) bond motifs is 1. The smallest absolute Gasteiger partial charge is 0.313 e. The zero-order valence-corrected chi connectivity index (χ0v) is 27.1.